The Hall–Kier alpha value is -2.26. The highest BCUT2D eigenvalue weighted by Gasteiger charge is 2.22. The largest absolute Gasteiger partial charge is 0.450 e. The summed E-state index contributed by atoms with van der Waals surface area (Å²) >= 11 is 0. The zero-order chi connectivity index (χ0) is 21.1. The van der Waals surface area contributed by atoms with Crippen molar-refractivity contribution in [1.29, 1.82) is 0 Å². The molecule has 0 saturated carbocycles. The summed E-state index contributed by atoms with van der Waals surface area (Å²) in [6.07, 6.45) is 0. The lowest BCUT2D eigenvalue weighted by Gasteiger charge is -2.31. The molecule has 2 aliphatic heterocycles. The van der Waals surface area contributed by atoms with Gasteiger partial charge in [0.05, 0.1) is 13.1 Å². The van der Waals surface area contributed by atoms with Gasteiger partial charge >= 0.3 is 0 Å². The van der Waals surface area contributed by atoms with Crippen LogP contribution < -0.4 is 0 Å². The third kappa shape index (κ3) is 5.07. The van der Waals surface area contributed by atoms with Crippen molar-refractivity contribution in [3.8, 4) is 11.5 Å². The lowest BCUT2D eigenvalue weighted by Crippen LogP contribution is -2.46. The van der Waals surface area contributed by atoms with Gasteiger partial charge in [-0.05, 0) is 38.4 Å². The van der Waals surface area contributed by atoms with Crippen LogP contribution in [0.1, 0.15) is 21.1 Å². The molecule has 0 unspecified atom stereocenters. The molecule has 4 rings (SSSR count). The van der Waals surface area contributed by atoms with Crippen LogP contribution in [0.2, 0.25) is 0 Å². The number of carbonyl (C=O) groups excluding carboxylic acids is 2. The molecule has 30 heavy (non-hydrogen) atoms. The Morgan fingerprint density at radius 3 is 1.40 bits per heavy atom. The van der Waals surface area contributed by atoms with Crippen molar-refractivity contribution in [2.45, 2.75) is 0 Å². The molecule has 2 aromatic rings. The fourth-order valence-electron chi connectivity index (χ4n) is 3.81. The molecular formula is C22H30N4O4. The average molecular weight is 415 g/mol. The third-order valence-corrected chi connectivity index (χ3v) is 5.93. The van der Waals surface area contributed by atoms with Gasteiger partial charge in [-0.1, -0.05) is 0 Å². The first-order chi connectivity index (χ1) is 14.5. The van der Waals surface area contributed by atoms with Gasteiger partial charge in [0.15, 0.2) is 23.0 Å². The summed E-state index contributed by atoms with van der Waals surface area (Å²) < 4.78 is 11.5. The molecule has 2 aromatic heterocycles. The van der Waals surface area contributed by atoms with Crippen molar-refractivity contribution in [3.63, 3.8) is 0 Å². The minimum Gasteiger partial charge on any atom is -0.450 e. The summed E-state index contributed by atoms with van der Waals surface area (Å²) in [7, 11) is 4.18. The van der Waals surface area contributed by atoms with E-state index in [0.29, 0.717) is 36.1 Å². The molecule has 0 N–H and O–H groups in total. The minimum absolute atomic E-state index is 0.0382. The van der Waals surface area contributed by atoms with Gasteiger partial charge in [0, 0.05) is 52.4 Å². The Kier molecular flexibility index (Phi) is 6.48. The van der Waals surface area contributed by atoms with E-state index >= 15 is 0 Å². The van der Waals surface area contributed by atoms with Crippen LogP contribution in [0.15, 0.2) is 33.1 Å². The molecule has 2 aliphatic rings. The van der Waals surface area contributed by atoms with Gasteiger partial charge in [0.1, 0.15) is 0 Å². The maximum atomic E-state index is 12.6. The van der Waals surface area contributed by atoms with E-state index in [-0.39, 0.29) is 11.6 Å². The molecule has 2 fully saturated rings. The molecule has 0 atom stereocenters. The van der Waals surface area contributed by atoms with Crippen LogP contribution in [0.25, 0.3) is 11.5 Å². The molecule has 0 radical (unpaired) electrons. The van der Waals surface area contributed by atoms with E-state index in [4.69, 9.17) is 8.83 Å². The number of piperazine rings is 2. The predicted molar refractivity (Wildman–Crippen MR) is 113 cm³/mol. The quantitative estimate of drug-likeness (QED) is 0.630. The number of nitrogens with zero attached hydrogens (tertiary/aromatic N) is 4. The van der Waals surface area contributed by atoms with E-state index in [0.717, 1.165) is 52.4 Å². The molecule has 0 bridgehead atoms. The number of carbonyl (C=O) groups is 2. The first-order valence-electron chi connectivity index (χ1n) is 10.6. The molecular weight excluding hydrogens is 384 g/mol. The van der Waals surface area contributed by atoms with Crippen LogP contribution in [-0.4, -0.2) is 111 Å². The number of furan rings is 2. The molecule has 0 amide bonds. The topological polar surface area (TPSA) is 73.4 Å². The number of hydrogen-bond donors (Lipinski definition) is 0. The first-order valence-corrected chi connectivity index (χ1v) is 10.6. The highest BCUT2D eigenvalue weighted by molar-refractivity contribution is 5.96. The Bertz CT molecular complexity index is 801. The van der Waals surface area contributed by atoms with Crippen LogP contribution in [-0.2, 0) is 0 Å². The highest BCUT2D eigenvalue weighted by atomic mass is 16.4. The van der Waals surface area contributed by atoms with Crippen molar-refractivity contribution in [2.75, 3.05) is 79.5 Å². The monoisotopic (exact) mass is 414 g/mol. The van der Waals surface area contributed by atoms with Crippen LogP contribution in [0, 0.1) is 0 Å². The number of Topliss-reactive ketones (excluding diaryl/α,β-unsaturated/α-hetero) is 2. The third-order valence-electron chi connectivity index (χ3n) is 5.93. The zero-order valence-electron chi connectivity index (χ0n) is 17.8. The summed E-state index contributed by atoms with van der Waals surface area (Å²) in [4.78, 5) is 33.9. The molecule has 162 valence electrons. The van der Waals surface area contributed by atoms with Crippen LogP contribution in [0.3, 0.4) is 0 Å². The van der Waals surface area contributed by atoms with Crippen molar-refractivity contribution in [3.05, 3.63) is 35.8 Å². The maximum Gasteiger partial charge on any atom is 0.211 e. The Balaban J connectivity index is 1.34. The fourth-order valence-corrected chi connectivity index (χ4v) is 3.81. The zero-order valence-corrected chi connectivity index (χ0v) is 17.8. The van der Waals surface area contributed by atoms with Gasteiger partial charge in [-0.2, -0.15) is 0 Å². The standard InChI is InChI=1S/C22H30N4O4/c1-23-7-11-25(12-8-23)15-17(27)19-3-5-21(29-19)22-6-4-20(30-22)18(28)16-26-13-9-24(2)10-14-26/h3-6H,7-16H2,1-2H3. The van der Waals surface area contributed by atoms with Crippen molar-refractivity contribution in [2.24, 2.45) is 0 Å². The van der Waals surface area contributed by atoms with Crippen LogP contribution in [0.4, 0.5) is 0 Å². The number of rotatable bonds is 7. The van der Waals surface area contributed by atoms with E-state index in [2.05, 4.69) is 33.7 Å². The van der Waals surface area contributed by atoms with Crippen LogP contribution in [0.5, 0.6) is 0 Å². The molecule has 0 aromatic carbocycles. The summed E-state index contributed by atoms with van der Waals surface area (Å²) in [6, 6.07) is 6.82. The lowest BCUT2D eigenvalue weighted by molar-refractivity contribution is 0.0842. The average Bonchev–Trinajstić information content (AvgIpc) is 3.41. The van der Waals surface area contributed by atoms with E-state index in [1.165, 1.54) is 0 Å². The van der Waals surface area contributed by atoms with Crippen molar-refractivity contribution in [1.82, 2.24) is 19.6 Å². The SMILES string of the molecule is CN1CCN(CC(=O)c2ccc(-c3ccc(C(=O)CN4CCN(C)CC4)o3)o2)CC1. The Morgan fingerprint density at radius 2 is 1.03 bits per heavy atom. The van der Waals surface area contributed by atoms with Crippen molar-refractivity contribution >= 4 is 11.6 Å². The maximum absolute atomic E-state index is 12.6. The molecule has 8 nitrogen and oxygen atoms in total. The summed E-state index contributed by atoms with van der Waals surface area (Å²) in [6.45, 7) is 8.10. The second kappa shape index (κ2) is 9.26. The summed E-state index contributed by atoms with van der Waals surface area (Å²) in [5, 5.41) is 0. The van der Waals surface area contributed by atoms with Gasteiger partial charge in [-0.15, -0.1) is 0 Å². The van der Waals surface area contributed by atoms with Gasteiger partial charge in [-0.25, -0.2) is 0 Å². The molecule has 8 heteroatoms. The van der Waals surface area contributed by atoms with E-state index in [1.54, 1.807) is 24.3 Å². The molecule has 0 spiro atoms. The van der Waals surface area contributed by atoms with E-state index in [9.17, 15) is 9.59 Å². The normalized spacial score (nSPS) is 19.9. The number of hydrogen-bond acceptors (Lipinski definition) is 8. The smallest absolute Gasteiger partial charge is 0.211 e. The second-order valence-electron chi connectivity index (χ2n) is 8.33. The minimum atomic E-state index is -0.0382. The van der Waals surface area contributed by atoms with E-state index in [1.807, 2.05) is 0 Å². The Morgan fingerprint density at radius 1 is 0.667 bits per heavy atom. The number of ketones is 2. The first kappa shape index (κ1) is 21.0. The summed E-state index contributed by atoms with van der Waals surface area (Å²) in [5.74, 6) is 1.51. The number of likely N-dealkylation sites (N-methyl/N-ethyl adjacent to an activating group) is 2. The van der Waals surface area contributed by atoms with Crippen LogP contribution >= 0.6 is 0 Å². The van der Waals surface area contributed by atoms with Crippen molar-refractivity contribution < 1.29 is 18.4 Å². The molecule has 2 saturated heterocycles. The lowest BCUT2D eigenvalue weighted by atomic mass is 10.2. The summed E-state index contributed by atoms with van der Waals surface area (Å²) in [5.41, 5.74) is 0. The molecule has 4 heterocycles. The van der Waals surface area contributed by atoms with Gasteiger partial charge in [0.2, 0.25) is 11.6 Å². The fraction of sp³-hybridized carbons (Fsp3) is 0.545. The molecule has 0 aliphatic carbocycles. The Labute approximate surface area is 177 Å². The predicted octanol–water partition coefficient (Wildman–Crippen LogP) is 1.40. The van der Waals surface area contributed by atoms with Gasteiger partial charge < -0.3 is 18.6 Å². The van der Waals surface area contributed by atoms with Gasteiger partial charge in [-0.3, -0.25) is 19.4 Å². The second-order valence-corrected chi connectivity index (χ2v) is 8.33. The van der Waals surface area contributed by atoms with E-state index < -0.39 is 0 Å². The van der Waals surface area contributed by atoms with Gasteiger partial charge in [0.25, 0.3) is 0 Å². The highest BCUT2D eigenvalue weighted by Crippen LogP contribution is 2.25.